The number of fused-ring (bicyclic) bond motifs is 1. The van der Waals surface area contributed by atoms with Gasteiger partial charge in [-0.1, -0.05) is 0 Å². The first-order chi connectivity index (χ1) is 10.2. The number of ether oxygens (including phenoxy) is 1. The molecule has 0 radical (unpaired) electrons. The van der Waals surface area contributed by atoms with Crippen molar-refractivity contribution in [1.82, 2.24) is 0 Å². The minimum atomic E-state index is -0.127. The number of methoxy groups -OCH3 is 1. The van der Waals surface area contributed by atoms with E-state index in [0.29, 0.717) is 17.0 Å². The molecule has 0 saturated heterocycles. The zero-order valence-electron chi connectivity index (χ0n) is 11.6. The van der Waals surface area contributed by atoms with Gasteiger partial charge in [0, 0.05) is 10.9 Å². The van der Waals surface area contributed by atoms with Gasteiger partial charge in [0.25, 0.3) is 5.91 Å². The lowest BCUT2D eigenvalue weighted by molar-refractivity contribution is 0.103. The van der Waals surface area contributed by atoms with E-state index in [2.05, 4.69) is 5.32 Å². The lowest BCUT2D eigenvalue weighted by Crippen LogP contribution is -2.11. The van der Waals surface area contributed by atoms with E-state index in [9.17, 15) is 4.79 Å². The van der Waals surface area contributed by atoms with Gasteiger partial charge in [0.15, 0.2) is 0 Å². The summed E-state index contributed by atoms with van der Waals surface area (Å²) >= 11 is 1.57. The third kappa shape index (κ3) is 2.63. The van der Waals surface area contributed by atoms with Crippen molar-refractivity contribution in [2.75, 3.05) is 12.4 Å². The Morgan fingerprint density at radius 3 is 2.95 bits per heavy atom. The standard InChI is InChI=1S/C16H14N2O2S/c1-20-13-7-10(9-17)5-6-12(13)18-16(19)15-8-11-3-2-4-14(11)21-15/h5-8H,2-4H2,1H3,(H,18,19). The van der Waals surface area contributed by atoms with E-state index < -0.39 is 0 Å². The normalized spacial score (nSPS) is 12.6. The molecule has 1 heterocycles. The van der Waals surface area contributed by atoms with Gasteiger partial charge in [0.05, 0.1) is 29.3 Å². The molecule has 0 aliphatic heterocycles. The molecule has 106 valence electrons. The summed E-state index contributed by atoms with van der Waals surface area (Å²) in [5.74, 6) is 0.365. The first-order valence-electron chi connectivity index (χ1n) is 6.72. The number of carbonyl (C=O) groups excluding carboxylic acids is 1. The highest BCUT2D eigenvalue weighted by molar-refractivity contribution is 7.14. The lowest BCUT2D eigenvalue weighted by atomic mass is 10.2. The minimum absolute atomic E-state index is 0.127. The summed E-state index contributed by atoms with van der Waals surface area (Å²) in [6.07, 6.45) is 3.33. The molecular weight excluding hydrogens is 284 g/mol. The molecule has 1 amide bonds. The highest BCUT2D eigenvalue weighted by Crippen LogP contribution is 2.32. The molecule has 1 aromatic carbocycles. The molecule has 0 fully saturated rings. The summed E-state index contributed by atoms with van der Waals surface area (Å²) in [5, 5.41) is 11.7. The Morgan fingerprint density at radius 1 is 1.38 bits per heavy atom. The topological polar surface area (TPSA) is 62.1 Å². The van der Waals surface area contributed by atoms with Crippen LogP contribution in [0.1, 0.15) is 32.1 Å². The average molecular weight is 298 g/mol. The zero-order valence-corrected chi connectivity index (χ0v) is 12.4. The van der Waals surface area contributed by atoms with Gasteiger partial charge in [-0.15, -0.1) is 11.3 Å². The number of nitrogens with zero attached hydrogens (tertiary/aromatic N) is 1. The molecule has 1 aromatic heterocycles. The van der Waals surface area contributed by atoms with Crippen LogP contribution in [0.3, 0.4) is 0 Å². The number of nitrogens with one attached hydrogen (secondary N) is 1. The molecule has 2 aromatic rings. The maximum Gasteiger partial charge on any atom is 0.265 e. The maximum absolute atomic E-state index is 12.3. The predicted octanol–water partition coefficient (Wildman–Crippen LogP) is 3.37. The van der Waals surface area contributed by atoms with Crippen LogP contribution in [0.5, 0.6) is 5.75 Å². The molecule has 0 saturated carbocycles. The third-order valence-corrected chi connectivity index (χ3v) is 4.79. The first kappa shape index (κ1) is 13.7. The van der Waals surface area contributed by atoms with Crippen molar-refractivity contribution in [3.8, 4) is 11.8 Å². The van der Waals surface area contributed by atoms with Crippen molar-refractivity contribution >= 4 is 22.9 Å². The summed E-state index contributed by atoms with van der Waals surface area (Å²) in [6, 6.07) is 9.00. The fraction of sp³-hybridized carbons (Fsp3) is 0.250. The summed E-state index contributed by atoms with van der Waals surface area (Å²) in [5.41, 5.74) is 2.38. The first-order valence-corrected chi connectivity index (χ1v) is 7.54. The Morgan fingerprint density at radius 2 is 2.24 bits per heavy atom. The Balaban J connectivity index is 1.82. The smallest absolute Gasteiger partial charge is 0.265 e. The van der Waals surface area contributed by atoms with Crippen molar-refractivity contribution in [2.45, 2.75) is 19.3 Å². The van der Waals surface area contributed by atoms with Crippen LogP contribution in [-0.4, -0.2) is 13.0 Å². The van der Waals surface area contributed by atoms with Crippen LogP contribution in [0.4, 0.5) is 5.69 Å². The quantitative estimate of drug-likeness (QED) is 0.945. The number of anilines is 1. The second-order valence-corrected chi connectivity index (χ2v) is 6.03. The SMILES string of the molecule is COc1cc(C#N)ccc1NC(=O)c1cc2c(s1)CCC2. The number of amides is 1. The van der Waals surface area contributed by atoms with Gasteiger partial charge in [0.1, 0.15) is 5.75 Å². The highest BCUT2D eigenvalue weighted by Gasteiger charge is 2.19. The summed E-state index contributed by atoms with van der Waals surface area (Å²) < 4.78 is 5.22. The summed E-state index contributed by atoms with van der Waals surface area (Å²) in [4.78, 5) is 14.4. The van der Waals surface area contributed by atoms with Crippen molar-refractivity contribution in [3.05, 3.63) is 45.1 Å². The summed E-state index contributed by atoms with van der Waals surface area (Å²) in [7, 11) is 1.52. The molecule has 0 unspecified atom stereocenters. The molecule has 21 heavy (non-hydrogen) atoms. The number of benzene rings is 1. The van der Waals surface area contributed by atoms with Crippen molar-refractivity contribution < 1.29 is 9.53 Å². The van der Waals surface area contributed by atoms with Crippen LogP contribution in [0.25, 0.3) is 0 Å². The second kappa shape index (κ2) is 5.58. The van der Waals surface area contributed by atoms with E-state index in [4.69, 9.17) is 10.00 Å². The molecule has 4 nitrogen and oxygen atoms in total. The Hall–Kier alpha value is -2.32. The van der Waals surface area contributed by atoms with Crippen LogP contribution >= 0.6 is 11.3 Å². The summed E-state index contributed by atoms with van der Waals surface area (Å²) in [6.45, 7) is 0. The molecule has 1 aliphatic carbocycles. The van der Waals surface area contributed by atoms with Gasteiger partial charge in [0.2, 0.25) is 0 Å². The van der Waals surface area contributed by atoms with Crippen LogP contribution < -0.4 is 10.1 Å². The van der Waals surface area contributed by atoms with Gasteiger partial charge < -0.3 is 10.1 Å². The molecule has 0 bridgehead atoms. The Bertz CT molecular complexity index is 722. The number of carbonyl (C=O) groups is 1. The van der Waals surface area contributed by atoms with E-state index in [0.717, 1.165) is 17.7 Å². The van der Waals surface area contributed by atoms with Crippen LogP contribution in [0.15, 0.2) is 24.3 Å². The van der Waals surface area contributed by atoms with Crippen LogP contribution in [-0.2, 0) is 12.8 Å². The Kier molecular flexibility index (Phi) is 3.63. The fourth-order valence-corrected chi connectivity index (χ4v) is 3.64. The predicted molar refractivity (Wildman–Crippen MR) is 82.0 cm³/mol. The third-order valence-electron chi connectivity index (χ3n) is 3.55. The lowest BCUT2D eigenvalue weighted by Gasteiger charge is -2.09. The number of nitriles is 1. The molecule has 5 heteroatoms. The van der Waals surface area contributed by atoms with Crippen molar-refractivity contribution in [1.29, 1.82) is 5.26 Å². The molecule has 0 spiro atoms. The van der Waals surface area contributed by atoms with Gasteiger partial charge in [-0.25, -0.2) is 0 Å². The monoisotopic (exact) mass is 298 g/mol. The highest BCUT2D eigenvalue weighted by atomic mass is 32.1. The van der Waals surface area contributed by atoms with Crippen molar-refractivity contribution in [2.24, 2.45) is 0 Å². The van der Waals surface area contributed by atoms with Crippen LogP contribution in [0.2, 0.25) is 0 Å². The fourth-order valence-electron chi connectivity index (χ4n) is 2.49. The molecule has 1 N–H and O–H groups in total. The van der Waals surface area contributed by atoms with E-state index in [1.807, 2.05) is 12.1 Å². The van der Waals surface area contributed by atoms with E-state index in [-0.39, 0.29) is 5.91 Å². The van der Waals surface area contributed by atoms with Gasteiger partial charge >= 0.3 is 0 Å². The largest absolute Gasteiger partial charge is 0.495 e. The maximum atomic E-state index is 12.3. The van der Waals surface area contributed by atoms with Gasteiger partial charge in [-0.05, 0) is 43.0 Å². The van der Waals surface area contributed by atoms with Gasteiger partial charge in [-0.2, -0.15) is 5.26 Å². The van der Waals surface area contributed by atoms with Gasteiger partial charge in [-0.3, -0.25) is 4.79 Å². The molecule has 3 rings (SSSR count). The average Bonchev–Trinajstić information content (AvgIpc) is 3.08. The van der Waals surface area contributed by atoms with E-state index in [1.165, 1.54) is 24.0 Å². The minimum Gasteiger partial charge on any atom is -0.495 e. The van der Waals surface area contributed by atoms with E-state index >= 15 is 0 Å². The molecule has 1 aliphatic rings. The van der Waals surface area contributed by atoms with E-state index in [1.54, 1.807) is 29.5 Å². The second-order valence-electron chi connectivity index (χ2n) is 4.89. The number of aryl methyl sites for hydroxylation is 2. The molecular formula is C16H14N2O2S. The number of thiophene rings is 1. The zero-order chi connectivity index (χ0) is 14.8. The number of hydrogen-bond donors (Lipinski definition) is 1. The number of hydrogen-bond acceptors (Lipinski definition) is 4. The molecule has 0 atom stereocenters. The number of rotatable bonds is 3. The van der Waals surface area contributed by atoms with Crippen molar-refractivity contribution in [3.63, 3.8) is 0 Å². The Labute approximate surface area is 127 Å². The van der Waals surface area contributed by atoms with Crippen LogP contribution in [0, 0.1) is 11.3 Å².